The van der Waals surface area contributed by atoms with Crippen molar-refractivity contribution in [2.45, 2.75) is 39.5 Å². The quantitative estimate of drug-likeness (QED) is 0.857. The van der Waals surface area contributed by atoms with Crippen LogP contribution in [0.2, 0.25) is 0 Å². The summed E-state index contributed by atoms with van der Waals surface area (Å²) in [5.74, 6) is 2.03. The van der Waals surface area contributed by atoms with Crippen molar-refractivity contribution in [1.29, 1.82) is 0 Å². The van der Waals surface area contributed by atoms with Crippen LogP contribution < -0.4 is 0 Å². The van der Waals surface area contributed by atoms with Crippen LogP contribution in [-0.2, 0) is 6.42 Å². The molecule has 0 unspecified atom stereocenters. The zero-order valence-electron chi connectivity index (χ0n) is 10.1. The zero-order valence-corrected chi connectivity index (χ0v) is 10.1. The number of hydrogen-bond acceptors (Lipinski definition) is 3. The number of aliphatic hydroxyl groups excluding tert-OH is 1. The second kappa shape index (κ2) is 4.58. The van der Waals surface area contributed by atoms with Crippen LogP contribution in [-0.4, -0.2) is 16.7 Å². The van der Waals surface area contributed by atoms with Gasteiger partial charge >= 0.3 is 0 Å². The number of aromatic nitrogens is 1. The molecule has 1 aromatic heterocycles. The Kier molecular flexibility index (Phi) is 3.33. The van der Waals surface area contributed by atoms with Gasteiger partial charge in [0.2, 0.25) is 0 Å². The molecule has 0 aliphatic heterocycles. The highest BCUT2D eigenvalue weighted by Gasteiger charge is 2.41. The second-order valence-corrected chi connectivity index (χ2v) is 5.36. The van der Waals surface area contributed by atoms with Crippen LogP contribution in [0, 0.1) is 17.3 Å². The molecule has 0 bridgehead atoms. The Morgan fingerprint density at radius 1 is 1.56 bits per heavy atom. The summed E-state index contributed by atoms with van der Waals surface area (Å²) in [5.41, 5.74) is 0.0328. The van der Waals surface area contributed by atoms with Gasteiger partial charge in [-0.1, -0.05) is 26.7 Å². The van der Waals surface area contributed by atoms with Crippen molar-refractivity contribution in [1.82, 2.24) is 4.98 Å². The minimum atomic E-state index is 0.0328. The van der Waals surface area contributed by atoms with E-state index in [9.17, 15) is 5.11 Å². The van der Waals surface area contributed by atoms with Crippen molar-refractivity contribution in [3.05, 3.63) is 18.4 Å². The maximum atomic E-state index is 9.67. The van der Waals surface area contributed by atoms with Gasteiger partial charge in [-0.05, 0) is 23.7 Å². The smallest absolute Gasteiger partial charge is 0.180 e. The van der Waals surface area contributed by atoms with Gasteiger partial charge in [0.25, 0.3) is 0 Å². The summed E-state index contributed by atoms with van der Waals surface area (Å²) in [7, 11) is 0. The first-order chi connectivity index (χ1) is 7.66. The Balaban J connectivity index is 2.12. The van der Waals surface area contributed by atoms with Gasteiger partial charge in [0.15, 0.2) is 6.39 Å². The third-order valence-corrected chi connectivity index (χ3v) is 4.52. The second-order valence-electron chi connectivity index (χ2n) is 5.36. The van der Waals surface area contributed by atoms with Crippen LogP contribution in [0.3, 0.4) is 0 Å². The molecule has 1 fully saturated rings. The van der Waals surface area contributed by atoms with Crippen molar-refractivity contribution < 1.29 is 9.52 Å². The lowest BCUT2D eigenvalue weighted by atomic mass is 9.61. The van der Waals surface area contributed by atoms with E-state index < -0.39 is 0 Å². The van der Waals surface area contributed by atoms with E-state index >= 15 is 0 Å². The SMILES string of the molecule is C[C@H]1CCC[C@H](Cc2cnco2)[C@]1(C)CO. The number of rotatable bonds is 3. The Hall–Kier alpha value is -0.830. The van der Waals surface area contributed by atoms with Gasteiger partial charge in [-0.25, -0.2) is 4.98 Å². The molecule has 1 saturated carbocycles. The van der Waals surface area contributed by atoms with E-state index in [-0.39, 0.29) is 12.0 Å². The molecule has 0 radical (unpaired) electrons. The van der Waals surface area contributed by atoms with E-state index in [4.69, 9.17) is 4.42 Å². The number of nitrogens with zero attached hydrogens (tertiary/aromatic N) is 1. The normalized spacial score (nSPS) is 35.2. The molecule has 0 saturated heterocycles. The van der Waals surface area contributed by atoms with E-state index in [0.717, 1.165) is 12.2 Å². The van der Waals surface area contributed by atoms with Crippen molar-refractivity contribution in [3.63, 3.8) is 0 Å². The van der Waals surface area contributed by atoms with Crippen molar-refractivity contribution in [2.75, 3.05) is 6.61 Å². The highest BCUT2D eigenvalue weighted by molar-refractivity contribution is 4.98. The molecule has 1 N–H and O–H groups in total. The summed E-state index contributed by atoms with van der Waals surface area (Å²) < 4.78 is 5.32. The lowest BCUT2D eigenvalue weighted by molar-refractivity contribution is -0.00850. The van der Waals surface area contributed by atoms with Crippen LogP contribution in [0.15, 0.2) is 17.0 Å². The Morgan fingerprint density at radius 3 is 3.00 bits per heavy atom. The Labute approximate surface area is 96.9 Å². The van der Waals surface area contributed by atoms with Gasteiger partial charge in [-0.2, -0.15) is 0 Å². The van der Waals surface area contributed by atoms with Gasteiger partial charge in [0, 0.05) is 13.0 Å². The van der Waals surface area contributed by atoms with Crippen LogP contribution in [0.1, 0.15) is 38.9 Å². The molecule has 3 heteroatoms. The lowest BCUT2D eigenvalue weighted by Crippen LogP contribution is -2.41. The number of hydrogen-bond donors (Lipinski definition) is 1. The molecule has 1 aromatic rings. The molecule has 2 rings (SSSR count). The summed E-state index contributed by atoms with van der Waals surface area (Å²) >= 11 is 0. The fourth-order valence-corrected chi connectivity index (χ4v) is 2.94. The summed E-state index contributed by atoms with van der Waals surface area (Å²) in [4.78, 5) is 3.95. The van der Waals surface area contributed by atoms with Crippen molar-refractivity contribution in [2.24, 2.45) is 17.3 Å². The minimum Gasteiger partial charge on any atom is -0.449 e. The maximum absolute atomic E-state index is 9.67. The molecule has 16 heavy (non-hydrogen) atoms. The maximum Gasteiger partial charge on any atom is 0.180 e. The molecule has 1 aliphatic carbocycles. The van der Waals surface area contributed by atoms with Crippen LogP contribution in [0.25, 0.3) is 0 Å². The van der Waals surface area contributed by atoms with Crippen LogP contribution in [0.4, 0.5) is 0 Å². The fourth-order valence-electron chi connectivity index (χ4n) is 2.94. The van der Waals surface area contributed by atoms with Crippen LogP contribution in [0.5, 0.6) is 0 Å². The highest BCUT2D eigenvalue weighted by Crippen LogP contribution is 2.46. The molecule has 0 aromatic carbocycles. The minimum absolute atomic E-state index is 0.0328. The highest BCUT2D eigenvalue weighted by atomic mass is 16.3. The summed E-state index contributed by atoms with van der Waals surface area (Å²) in [6.07, 6.45) is 7.85. The van der Waals surface area contributed by atoms with Crippen molar-refractivity contribution in [3.8, 4) is 0 Å². The predicted octanol–water partition coefficient (Wildman–Crippen LogP) is 2.65. The first kappa shape index (κ1) is 11.6. The third-order valence-electron chi connectivity index (χ3n) is 4.52. The summed E-state index contributed by atoms with van der Waals surface area (Å²) in [6, 6.07) is 0. The van der Waals surface area contributed by atoms with Gasteiger partial charge in [0.05, 0.1) is 6.20 Å². The average Bonchev–Trinajstić information content (AvgIpc) is 2.78. The first-order valence-electron chi connectivity index (χ1n) is 6.15. The summed E-state index contributed by atoms with van der Waals surface area (Å²) in [5, 5.41) is 9.67. The molecule has 1 aliphatic rings. The molecule has 1 heterocycles. The zero-order chi connectivity index (χ0) is 11.6. The van der Waals surface area contributed by atoms with E-state index in [0.29, 0.717) is 11.8 Å². The van der Waals surface area contributed by atoms with E-state index in [1.807, 2.05) is 0 Å². The molecule has 3 atom stereocenters. The largest absolute Gasteiger partial charge is 0.449 e. The Bertz CT molecular complexity index is 323. The standard InChI is InChI=1S/C13H21NO2/c1-10-4-3-5-11(13(10,2)8-15)6-12-7-14-9-16-12/h7,9-11,15H,3-6,8H2,1-2H3/t10-,11+,13+/m0/s1. The first-order valence-corrected chi connectivity index (χ1v) is 6.15. The molecular weight excluding hydrogens is 202 g/mol. The average molecular weight is 223 g/mol. The Morgan fingerprint density at radius 2 is 2.38 bits per heavy atom. The number of oxazole rings is 1. The van der Waals surface area contributed by atoms with Gasteiger partial charge < -0.3 is 9.52 Å². The van der Waals surface area contributed by atoms with Gasteiger partial charge in [0.1, 0.15) is 5.76 Å². The van der Waals surface area contributed by atoms with Crippen LogP contribution >= 0.6 is 0 Å². The molecule has 90 valence electrons. The number of aliphatic hydroxyl groups is 1. The van der Waals surface area contributed by atoms with Crippen molar-refractivity contribution >= 4 is 0 Å². The molecule has 0 amide bonds. The lowest BCUT2D eigenvalue weighted by Gasteiger charge is -2.45. The fraction of sp³-hybridized carbons (Fsp3) is 0.769. The predicted molar refractivity (Wildman–Crippen MR) is 61.9 cm³/mol. The van der Waals surface area contributed by atoms with E-state index in [2.05, 4.69) is 18.8 Å². The molecular formula is C13H21NO2. The molecule has 0 spiro atoms. The van der Waals surface area contributed by atoms with E-state index in [1.54, 1.807) is 6.20 Å². The van der Waals surface area contributed by atoms with Gasteiger partial charge in [-0.15, -0.1) is 0 Å². The van der Waals surface area contributed by atoms with Gasteiger partial charge in [-0.3, -0.25) is 0 Å². The third kappa shape index (κ3) is 2.01. The molecule has 3 nitrogen and oxygen atoms in total. The topological polar surface area (TPSA) is 46.3 Å². The van der Waals surface area contributed by atoms with E-state index in [1.165, 1.54) is 25.7 Å². The monoisotopic (exact) mass is 223 g/mol. The summed E-state index contributed by atoms with van der Waals surface area (Å²) in [6.45, 7) is 4.73.